The number of aliphatic hydroxyl groups is 3. The molecule has 3 N–H and O–H groups in total. The molecule has 0 fully saturated rings. The molecule has 0 saturated carbocycles. The zero-order valence-corrected chi connectivity index (χ0v) is 17.2. The molecule has 0 amide bonds. The molecule has 4 unspecified atom stereocenters. The van der Waals surface area contributed by atoms with Gasteiger partial charge in [-0.05, 0) is 26.7 Å². The van der Waals surface area contributed by atoms with Gasteiger partial charge in [-0.15, -0.1) is 0 Å². The first-order chi connectivity index (χ1) is 13.0. The van der Waals surface area contributed by atoms with E-state index in [0.29, 0.717) is 32.8 Å². The maximum Gasteiger partial charge on any atom is 0.104 e. The van der Waals surface area contributed by atoms with Crippen LogP contribution in [0.4, 0.5) is 0 Å². The van der Waals surface area contributed by atoms with Crippen molar-refractivity contribution < 1.29 is 39.0 Å². The first-order valence-corrected chi connectivity index (χ1v) is 9.92. The van der Waals surface area contributed by atoms with E-state index < -0.39 is 12.2 Å². The van der Waals surface area contributed by atoms with Gasteiger partial charge in [0.2, 0.25) is 0 Å². The third-order valence-corrected chi connectivity index (χ3v) is 3.45. The van der Waals surface area contributed by atoms with Crippen LogP contribution in [0.15, 0.2) is 0 Å². The van der Waals surface area contributed by atoms with E-state index in [9.17, 15) is 10.2 Å². The lowest BCUT2D eigenvalue weighted by molar-refractivity contribution is -0.108. The molecule has 0 aliphatic heterocycles. The van der Waals surface area contributed by atoms with Crippen LogP contribution in [0.5, 0.6) is 0 Å². The summed E-state index contributed by atoms with van der Waals surface area (Å²) in [6.07, 6.45) is 0.967. The van der Waals surface area contributed by atoms with Crippen LogP contribution in [0.1, 0.15) is 40.0 Å². The van der Waals surface area contributed by atoms with Crippen molar-refractivity contribution in [3.63, 3.8) is 0 Å². The Kier molecular flexibility index (Phi) is 18.8. The van der Waals surface area contributed by atoms with Crippen molar-refractivity contribution in [3.8, 4) is 0 Å². The van der Waals surface area contributed by atoms with Gasteiger partial charge in [-0.25, -0.2) is 0 Å². The van der Waals surface area contributed by atoms with Crippen LogP contribution in [0.25, 0.3) is 0 Å². The van der Waals surface area contributed by atoms with Crippen molar-refractivity contribution in [2.24, 2.45) is 0 Å². The van der Waals surface area contributed by atoms with Crippen LogP contribution < -0.4 is 0 Å². The molecule has 8 heteroatoms. The van der Waals surface area contributed by atoms with Crippen LogP contribution in [0, 0.1) is 0 Å². The van der Waals surface area contributed by atoms with E-state index in [1.54, 1.807) is 13.8 Å². The van der Waals surface area contributed by atoms with E-state index in [0.717, 1.165) is 12.8 Å². The highest BCUT2D eigenvalue weighted by Gasteiger charge is 2.15. The van der Waals surface area contributed by atoms with Crippen LogP contribution in [-0.4, -0.2) is 99.2 Å². The van der Waals surface area contributed by atoms with E-state index in [1.165, 1.54) is 0 Å². The molecule has 0 heterocycles. The van der Waals surface area contributed by atoms with Crippen LogP contribution in [0.3, 0.4) is 0 Å². The summed E-state index contributed by atoms with van der Waals surface area (Å²) in [6, 6.07) is 0. The Hall–Kier alpha value is -0.320. The third-order valence-electron chi connectivity index (χ3n) is 3.45. The summed E-state index contributed by atoms with van der Waals surface area (Å²) in [7, 11) is 0. The Bertz CT molecular complexity index is 301. The van der Waals surface area contributed by atoms with Gasteiger partial charge < -0.3 is 39.0 Å². The lowest BCUT2D eigenvalue weighted by atomic mass is 10.3. The SMILES string of the molecule is CCCCOC(COCCCO)COCC(COCC(C)O)OCC(C)O. The number of rotatable bonds is 20. The zero-order chi connectivity index (χ0) is 20.3. The molecule has 4 atom stereocenters. The Morgan fingerprint density at radius 1 is 0.667 bits per heavy atom. The predicted octanol–water partition coefficient (Wildman–Crippen LogP) is 0.751. The van der Waals surface area contributed by atoms with Gasteiger partial charge in [-0.3, -0.25) is 0 Å². The number of hydrogen-bond donors (Lipinski definition) is 3. The molecule has 27 heavy (non-hydrogen) atoms. The van der Waals surface area contributed by atoms with E-state index in [-0.39, 0.29) is 45.2 Å². The molecule has 164 valence electrons. The Morgan fingerprint density at radius 2 is 1.22 bits per heavy atom. The molecule has 0 bridgehead atoms. The Balaban J connectivity index is 4.26. The fourth-order valence-corrected chi connectivity index (χ4v) is 2.04. The van der Waals surface area contributed by atoms with E-state index in [2.05, 4.69) is 6.92 Å². The van der Waals surface area contributed by atoms with Crippen molar-refractivity contribution in [1.29, 1.82) is 0 Å². The smallest absolute Gasteiger partial charge is 0.104 e. The molecule has 0 aromatic carbocycles. The van der Waals surface area contributed by atoms with Crippen molar-refractivity contribution in [3.05, 3.63) is 0 Å². The second-order valence-corrected chi connectivity index (χ2v) is 6.73. The first kappa shape index (κ1) is 26.7. The maximum absolute atomic E-state index is 9.39. The molecule has 8 nitrogen and oxygen atoms in total. The summed E-state index contributed by atoms with van der Waals surface area (Å²) in [5, 5.41) is 27.5. The largest absolute Gasteiger partial charge is 0.396 e. The third kappa shape index (κ3) is 18.8. The second-order valence-electron chi connectivity index (χ2n) is 6.73. The van der Waals surface area contributed by atoms with Gasteiger partial charge in [0, 0.05) is 19.8 Å². The summed E-state index contributed by atoms with van der Waals surface area (Å²) in [6.45, 7) is 8.36. The maximum atomic E-state index is 9.39. The van der Waals surface area contributed by atoms with Crippen molar-refractivity contribution in [2.75, 3.05) is 59.5 Å². The fraction of sp³-hybridized carbons (Fsp3) is 1.00. The highest BCUT2D eigenvalue weighted by Crippen LogP contribution is 2.03. The van der Waals surface area contributed by atoms with Gasteiger partial charge in [-0.2, -0.15) is 0 Å². The summed E-state index contributed by atoms with van der Waals surface area (Å²) in [5.74, 6) is 0. The van der Waals surface area contributed by atoms with E-state index in [4.69, 9.17) is 28.8 Å². The summed E-state index contributed by atoms with van der Waals surface area (Å²) >= 11 is 0. The highest BCUT2D eigenvalue weighted by molar-refractivity contribution is 4.61. The zero-order valence-electron chi connectivity index (χ0n) is 17.2. The lowest BCUT2D eigenvalue weighted by Gasteiger charge is -2.22. The average molecular weight is 397 g/mol. The summed E-state index contributed by atoms with van der Waals surface area (Å²) in [4.78, 5) is 0. The number of aliphatic hydroxyl groups excluding tert-OH is 3. The minimum atomic E-state index is -0.575. The highest BCUT2D eigenvalue weighted by atomic mass is 16.6. The van der Waals surface area contributed by atoms with Gasteiger partial charge in [0.15, 0.2) is 0 Å². The van der Waals surface area contributed by atoms with Crippen molar-refractivity contribution in [2.45, 2.75) is 64.4 Å². The van der Waals surface area contributed by atoms with Crippen LogP contribution in [0.2, 0.25) is 0 Å². The second kappa shape index (κ2) is 19.0. The molecule has 0 rings (SSSR count). The summed E-state index contributed by atoms with van der Waals surface area (Å²) in [5.41, 5.74) is 0. The van der Waals surface area contributed by atoms with Gasteiger partial charge in [0.25, 0.3) is 0 Å². The lowest BCUT2D eigenvalue weighted by Crippen LogP contribution is -2.33. The Labute approximate surface area is 163 Å². The normalized spacial score (nSPS) is 16.2. The van der Waals surface area contributed by atoms with Gasteiger partial charge in [0.1, 0.15) is 12.2 Å². The van der Waals surface area contributed by atoms with Gasteiger partial charge in [-0.1, -0.05) is 13.3 Å². The number of ether oxygens (including phenoxy) is 5. The topological polar surface area (TPSA) is 107 Å². The quantitative estimate of drug-likeness (QED) is 0.259. The minimum absolute atomic E-state index is 0.104. The van der Waals surface area contributed by atoms with E-state index >= 15 is 0 Å². The molecular formula is C19H40O8. The first-order valence-electron chi connectivity index (χ1n) is 9.92. The molecule has 0 radical (unpaired) electrons. The van der Waals surface area contributed by atoms with Gasteiger partial charge in [0.05, 0.1) is 51.8 Å². The Morgan fingerprint density at radius 3 is 1.78 bits per heavy atom. The minimum Gasteiger partial charge on any atom is -0.396 e. The van der Waals surface area contributed by atoms with E-state index in [1.807, 2.05) is 0 Å². The molecule has 0 aliphatic rings. The molecule has 0 aliphatic carbocycles. The predicted molar refractivity (Wildman–Crippen MR) is 102 cm³/mol. The van der Waals surface area contributed by atoms with Crippen molar-refractivity contribution in [1.82, 2.24) is 0 Å². The molecule has 0 aromatic heterocycles. The average Bonchev–Trinajstić information content (AvgIpc) is 2.62. The van der Waals surface area contributed by atoms with Crippen LogP contribution in [-0.2, 0) is 23.7 Å². The number of hydrogen-bond acceptors (Lipinski definition) is 8. The van der Waals surface area contributed by atoms with Gasteiger partial charge >= 0.3 is 0 Å². The molecule has 0 saturated heterocycles. The summed E-state index contributed by atoms with van der Waals surface area (Å²) < 4.78 is 28.0. The molecule has 0 spiro atoms. The van der Waals surface area contributed by atoms with Crippen LogP contribution >= 0.6 is 0 Å². The van der Waals surface area contributed by atoms with Crippen molar-refractivity contribution >= 4 is 0 Å². The molecule has 0 aromatic rings. The fourth-order valence-electron chi connectivity index (χ4n) is 2.04. The standard InChI is InChI=1S/C19H40O8/c1-4-5-9-26-18(12-23-8-6-7-20)13-25-15-19(27-11-17(3)22)14-24-10-16(2)21/h16-22H,4-15H2,1-3H3. The monoisotopic (exact) mass is 396 g/mol. The molecular weight excluding hydrogens is 356 g/mol. The number of unbranched alkanes of at least 4 members (excludes halogenated alkanes) is 1.